The highest BCUT2D eigenvalue weighted by molar-refractivity contribution is 9.10. The lowest BCUT2D eigenvalue weighted by Gasteiger charge is -2.17. The Morgan fingerprint density at radius 1 is 1.08 bits per heavy atom. The number of hydrogen-bond acceptors (Lipinski definition) is 2. The zero-order valence-corrected chi connectivity index (χ0v) is 15.5. The molecule has 0 unspecified atom stereocenters. The molecule has 2 amide bonds. The molecule has 126 valence electrons. The second-order valence-electron chi connectivity index (χ2n) is 5.60. The van der Waals surface area contributed by atoms with Gasteiger partial charge in [-0.2, -0.15) is 0 Å². The average Bonchev–Trinajstić information content (AvgIpc) is 2.61. The quantitative estimate of drug-likeness (QED) is 0.787. The van der Waals surface area contributed by atoms with Crippen molar-refractivity contribution in [3.05, 3.63) is 64.1 Å². The highest BCUT2D eigenvalue weighted by atomic mass is 79.9. The predicted octanol–water partition coefficient (Wildman–Crippen LogP) is 4.57. The van der Waals surface area contributed by atoms with E-state index in [1.807, 2.05) is 24.3 Å². The first-order valence-electron chi connectivity index (χ1n) is 7.94. The van der Waals surface area contributed by atoms with Crippen LogP contribution in [0.15, 0.2) is 53.0 Å². The Labute approximate surface area is 151 Å². The minimum Gasteiger partial charge on any atom is -0.342 e. The van der Waals surface area contributed by atoms with Crippen molar-refractivity contribution in [2.24, 2.45) is 0 Å². The maximum Gasteiger partial charge on any atom is 0.255 e. The van der Waals surface area contributed by atoms with Crippen LogP contribution in [0.5, 0.6) is 0 Å². The molecule has 0 aliphatic rings. The number of anilines is 1. The lowest BCUT2D eigenvalue weighted by atomic mass is 10.1. The largest absolute Gasteiger partial charge is 0.342 e. The summed E-state index contributed by atoms with van der Waals surface area (Å²) < 4.78 is 0.810. The van der Waals surface area contributed by atoms with Gasteiger partial charge in [-0.15, -0.1) is 0 Å². The van der Waals surface area contributed by atoms with Gasteiger partial charge in [0.25, 0.3) is 11.8 Å². The van der Waals surface area contributed by atoms with E-state index in [4.69, 9.17) is 0 Å². The molecule has 4 nitrogen and oxygen atoms in total. The first-order valence-corrected chi connectivity index (χ1v) is 8.73. The molecule has 0 bridgehead atoms. The van der Waals surface area contributed by atoms with Crippen LogP contribution >= 0.6 is 15.9 Å². The first-order chi connectivity index (χ1) is 11.5. The first kappa shape index (κ1) is 18.2. The van der Waals surface area contributed by atoms with Crippen LogP contribution in [0.1, 0.15) is 40.5 Å². The lowest BCUT2D eigenvalue weighted by Crippen LogP contribution is -2.28. The van der Waals surface area contributed by atoms with Gasteiger partial charge in [0.1, 0.15) is 0 Å². The normalized spacial score (nSPS) is 10.3. The van der Waals surface area contributed by atoms with E-state index in [0.29, 0.717) is 23.4 Å². The summed E-state index contributed by atoms with van der Waals surface area (Å²) in [6, 6.07) is 14.2. The SMILES string of the molecule is CCCCN(C)C(=O)c1cccc(C(=O)Nc2ccccc2Br)c1. The molecule has 0 saturated carbocycles. The van der Waals surface area contributed by atoms with Gasteiger partial charge in [-0.25, -0.2) is 0 Å². The van der Waals surface area contributed by atoms with Crippen LogP contribution in [0.4, 0.5) is 5.69 Å². The zero-order chi connectivity index (χ0) is 17.5. The van der Waals surface area contributed by atoms with Crippen molar-refractivity contribution >= 4 is 33.4 Å². The summed E-state index contributed by atoms with van der Waals surface area (Å²) in [5.41, 5.74) is 1.67. The highest BCUT2D eigenvalue weighted by Crippen LogP contribution is 2.22. The van der Waals surface area contributed by atoms with Gasteiger partial charge >= 0.3 is 0 Å². The van der Waals surface area contributed by atoms with Crippen LogP contribution in [0, 0.1) is 0 Å². The van der Waals surface area contributed by atoms with Crippen molar-refractivity contribution in [3.8, 4) is 0 Å². The van der Waals surface area contributed by atoms with Crippen LogP contribution in [-0.2, 0) is 0 Å². The molecule has 0 aromatic heterocycles. The van der Waals surface area contributed by atoms with Crippen molar-refractivity contribution in [2.45, 2.75) is 19.8 Å². The summed E-state index contributed by atoms with van der Waals surface area (Å²) in [7, 11) is 1.78. The summed E-state index contributed by atoms with van der Waals surface area (Å²) in [6.45, 7) is 2.80. The molecule has 0 aliphatic heterocycles. The molecule has 2 aromatic carbocycles. The molecule has 0 spiro atoms. The highest BCUT2D eigenvalue weighted by Gasteiger charge is 2.14. The van der Waals surface area contributed by atoms with E-state index in [0.717, 1.165) is 17.3 Å². The van der Waals surface area contributed by atoms with Crippen LogP contribution in [-0.4, -0.2) is 30.3 Å². The number of para-hydroxylation sites is 1. The number of rotatable bonds is 6. The number of nitrogens with one attached hydrogen (secondary N) is 1. The van der Waals surface area contributed by atoms with Crippen molar-refractivity contribution in [1.29, 1.82) is 0 Å². The molecular formula is C19H21BrN2O2. The number of benzene rings is 2. The fraction of sp³-hybridized carbons (Fsp3) is 0.263. The van der Waals surface area contributed by atoms with E-state index in [1.54, 1.807) is 36.2 Å². The third-order valence-corrected chi connectivity index (χ3v) is 4.38. The molecule has 0 atom stereocenters. The fourth-order valence-electron chi connectivity index (χ4n) is 2.27. The topological polar surface area (TPSA) is 49.4 Å². The number of halogens is 1. The van der Waals surface area contributed by atoms with Gasteiger partial charge in [0.2, 0.25) is 0 Å². The number of carbonyl (C=O) groups is 2. The number of unbranched alkanes of at least 4 members (excludes halogenated alkanes) is 1. The zero-order valence-electron chi connectivity index (χ0n) is 13.9. The van der Waals surface area contributed by atoms with Crippen molar-refractivity contribution in [3.63, 3.8) is 0 Å². The second-order valence-corrected chi connectivity index (χ2v) is 6.45. The smallest absolute Gasteiger partial charge is 0.255 e. The molecule has 1 N–H and O–H groups in total. The number of nitrogens with zero attached hydrogens (tertiary/aromatic N) is 1. The Morgan fingerprint density at radius 2 is 1.79 bits per heavy atom. The molecule has 2 aromatic rings. The van der Waals surface area contributed by atoms with E-state index in [-0.39, 0.29) is 11.8 Å². The Morgan fingerprint density at radius 3 is 2.50 bits per heavy atom. The molecule has 0 radical (unpaired) electrons. The summed E-state index contributed by atoms with van der Waals surface area (Å²) in [5.74, 6) is -0.313. The Kier molecular flexibility index (Phi) is 6.55. The molecule has 2 rings (SSSR count). The summed E-state index contributed by atoms with van der Waals surface area (Å²) >= 11 is 3.40. The van der Waals surface area contributed by atoms with Gasteiger partial charge in [0, 0.05) is 29.2 Å². The van der Waals surface area contributed by atoms with E-state index in [1.165, 1.54) is 0 Å². The number of hydrogen-bond donors (Lipinski definition) is 1. The maximum atomic E-state index is 12.4. The van der Waals surface area contributed by atoms with E-state index in [9.17, 15) is 9.59 Å². The molecule has 24 heavy (non-hydrogen) atoms. The summed E-state index contributed by atoms with van der Waals surface area (Å²) in [4.78, 5) is 26.5. The Hall–Kier alpha value is -2.14. The standard InChI is InChI=1S/C19H21BrN2O2/c1-3-4-12-22(2)19(24)15-9-7-8-14(13-15)18(23)21-17-11-6-5-10-16(17)20/h5-11,13H,3-4,12H2,1-2H3,(H,21,23). The summed E-state index contributed by atoms with van der Waals surface area (Å²) in [6.07, 6.45) is 2.00. The van der Waals surface area contributed by atoms with Crippen molar-refractivity contribution in [2.75, 3.05) is 18.9 Å². The fourth-order valence-corrected chi connectivity index (χ4v) is 2.65. The minimum atomic E-state index is -0.243. The van der Waals surface area contributed by atoms with Crippen LogP contribution in [0.25, 0.3) is 0 Å². The third kappa shape index (κ3) is 4.68. The van der Waals surface area contributed by atoms with Gasteiger partial charge in [-0.05, 0) is 52.7 Å². The third-order valence-electron chi connectivity index (χ3n) is 3.69. The van der Waals surface area contributed by atoms with Crippen LogP contribution in [0.3, 0.4) is 0 Å². The molecule has 5 heteroatoms. The van der Waals surface area contributed by atoms with Crippen LogP contribution in [0.2, 0.25) is 0 Å². The van der Waals surface area contributed by atoms with E-state index in [2.05, 4.69) is 28.2 Å². The van der Waals surface area contributed by atoms with Gasteiger partial charge in [-0.3, -0.25) is 9.59 Å². The van der Waals surface area contributed by atoms with Gasteiger partial charge in [0.15, 0.2) is 0 Å². The van der Waals surface area contributed by atoms with Crippen LogP contribution < -0.4 is 5.32 Å². The van der Waals surface area contributed by atoms with Gasteiger partial charge in [-0.1, -0.05) is 31.5 Å². The van der Waals surface area contributed by atoms with E-state index >= 15 is 0 Å². The number of carbonyl (C=O) groups excluding carboxylic acids is 2. The minimum absolute atomic E-state index is 0.0704. The Bertz CT molecular complexity index is 731. The maximum absolute atomic E-state index is 12.4. The molecule has 0 fully saturated rings. The molecule has 0 aliphatic carbocycles. The van der Waals surface area contributed by atoms with Crippen molar-refractivity contribution in [1.82, 2.24) is 4.90 Å². The van der Waals surface area contributed by atoms with Crippen molar-refractivity contribution < 1.29 is 9.59 Å². The average molecular weight is 389 g/mol. The van der Waals surface area contributed by atoms with Gasteiger partial charge in [0.05, 0.1) is 5.69 Å². The van der Waals surface area contributed by atoms with E-state index < -0.39 is 0 Å². The molecule has 0 saturated heterocycles. The summed E-state index contributed by atoms with van der Waals surface area (Å²) in [5, 5.41) is 2.85. The lowest BCUT2D eigenvalue weighted by molar-refractivity contribution is 0.0793. The predicted molar refractivity (Wildman–Crippen MR) is 100 cm³/mol. The monoisotopic (exact) mass is 388 g/mol. The van der Waals surface area contributed by atoms with Gasteiger partial charge < -0.3 is 10.2 Å². The molecular weight excluding hydrogens is 368 g/mol. The second kappa shape index (κ2) is 8.64. The Balaban J connectivity index is 2.13. The molecule has 0 heterocycles. The number of amides is 2.